The number of guanidine groups is 1. The molecule has 2 aromatic rings. The first-order valence-electron chi connectivity index (χ1n) is 9.00. The Hall–Kier alpha value is -1.90. The lowest BCUT2D eigenvalue weighted by Gasteiger charge is -2.21. The van der Waals surface area contributed by atoms with Gasteiger partial charge in [0.25, 0.3) is 0 Å². The van der Waals surface area contributed by atoms with Crippen molar-refractivity contribution in [3.63, 3.8) is 0 Å². The van der Waals surface area contributed by atoms with E-state index >= 15 is 0 Å². The molecule has 0 bridgehead atoms. The highest BCUT2D eigenvalue weighted by Gasteiger charge is 2.13. The van der Waals surface area contributed by atoms with Crippen LogP contribution in [0.15, 0.2) is 51.7 Å². The molecule has 1 heterocycles. The Morgan fingerprint density at radius 3 is 2.59 bits per heavy atom. The number of aliphatic imine (C=N–C) groups is 1. The molecule has 8 heteroatoms. The molecular weight excluding hydrogens is 380 g/mol. The molecule has 148 valence electrons. The van der Waals surface area contributed by atoms with Crippen molar-refractivity contribution >= 4 is 27.3 Å². The summed E-state index contributed by atoms with van der Waals surface area (Å²) in [5.41, 5.74) is 1.03. The van der Waals surface area contributed by atoms with Gasteiger partial charge >= 0.3 is 0 Å². The molecule has 0 aliphatic rings. The van der Waals surface area contributed by atoms with Crippen LogP contribution in [0.4, 0.5) is 0 Å². The maximum Gasteiger partial charge on any atom is 0.240 e. The largest absolute Gasteiger partial charge is 0.357 e. The number of sulfonamides is 1. The van der Waals surface area contributed by atoms with Crippen LogP contribution in [0.5, 0.6) is 0 Å². The number of rotatable bonds is 9. The Morgan fingerprint density at radius 2 is 1.96 bits per heavy atom. The highest BCUT2D eigenvalue weighted by atomic mass is 32.2. The summed E-state index contributed by atoms with van der Waals surface area (Å²) in [5, 5.41) is 5.33. The zero-order chi connectivity index (χ0) is 19.7. The molecule has 0 aliphatic heterocycles. The van der Waals surface area contributed by atoms with E-state index in [1.807, 2.05) is 20.9 Å². The van der Waals surface area contributed by atoms with Crippen molar-refractivity contribution in [2.24, 2.45) is 4.99 Å². The fourth-order valence-electron chi connectivity index (χ4n) is 2.45. The molecule has 0 fully saturated rings. The van der Waals surface area contributed by atoms with E-state index in [0.717, 1.165) is 31.0 Å². The number of likely N-dealkylation sites (N-methyl/N-ethyl adjacent to an activating group) is 1. The van der Waals surface area contributed by atoms with E-state index in [4.69, 9.17) is 0 Å². The van der Waals surface area contributed by atoms with Crippen LogP contribution in [0.1, 0.15) is 17.4 Å². The highest BCUT2D eigenvalue weighted by Crippen LogP contribution is 2.10. The first-order chi connectivity index (χ1) is 12.9. The van der Waals surface area contributed by atoms with E-state index < -0.39 is 10.0 Å². The SMILES string of the molecule is CCNC(=NCCNS(=O)(=O)c1ccc(C)cc1)N(C)CCc1cccs1. The number of nitrogens with one attached hydrogen (secondary N) is 2. The van der Waals surface area contributed by atoms with Crippen molar-refractivity contribution in [2.45, 2.75) is 25.2 Å². The molecule has 1 aromatic carbocycles. The summed E-state index contributed by atoms with van der Waals surface area (Å²) >= 11 is 1.75. The second kappa shape index (κ2) is 10.4. The topological polar surface area (TPSA) is 73.8 Å². The molecule has 1 aromatic heterocycles. The molecular formula is C19H28N4O2S2. The minimum atomic E-state index is -3.50. The quantitative estimate of drug-likeness (QED) is 0.380. The van der Waals surface area contributed by atoms with Crippen LogP contribution >= 0.6 is 11.3 Å². The summed E-state index contributed by atoms with van der Waals surface area (Å²) < 4.78 is 27.2. The van der Waals surface area contributed by atoms with E-state index in [1.54, 1.807) is 35.6 Å². The van der Waals surface area contributed by atoms with Crippen molar-refractivity contribution in [1.82, 2.24) is 14.9 Å². The fourth-order valence-corrected chi connectivity index (χ4v) is 4.17. The Balaban J connectivity index is 1.87. The lowest BCUT2D eigenvalue weighted by atomic mass is 10.2. The number of aryl methyl sites for hydroxylation is 1. The van der Waals surface area contributed by atoms with Gasteiger partial charge < -0.3 is 10.2 Å². The summed E-state index contributed by atoms with van der Waals surface area (Å²) in [4.78, 5) is 8.21. The predicted molar refractivity (Wildman–Crippen MR) is 113 cm³/mol. The van der Waals surface area contributed by atoms with Crippen LogP contribution in [0.3, 0.4) is 0 Å². The molecule has 0 saturated heterocycles. The number of hydrogen-bond donors (Lipinski definition) is 2. The molecule has 0 atom stereocenters. The molecule has 0 amide bonds. The lowest BCUT2D eigenvalue weighted by molar-refractivity contribution is 0.486. The Labute approximate surface area is 166 Å². The van der Waals surface area contributed by atoms with Crippen molar-refractivity contribution < 1.29 is 8.42 Å². The van der Waals surface area contributed by atoms with Crippen molar-refractivity contribution in [2.75, 3.05) is 33.2 Å². The first kappa shape index (κ1) is 21.4. The monoisotopic (exact) mass is 408 g/mol. The standard InChI is InChI=1S/C19H28N4O2S2/c1-4-20-19(23(3)14-11-17-6-5-15-26-17)21-12-13-22-27(24,25)18-9-7-16(2)8-10-18/h5-10,15,22H,4,11-14H2,1-3H3,(H,20,21). The molecule has 0 saturated carbocycles. The van der Waals surface area contributed by atoms with Gasteiger partial charge in [0.05, 0.1) is 11.4 Å². The average molecular weight is 409 g/mol. The van der Waals surface area contributed by atoms with Gasteiger partial charge in [-0.1, -0.05) is 23.8 Å². The number of nitrogens with zero attached hydrogens (tertiary/aromatic N) is 2. The molecule has 0 unspecified atom stereocenters. The summed E-state index contributed by atoms with van der Waals surface area (Å²) in [6.45, 7) is 6.18. The molecule has 6 nitrogen and oxygen atoms in total. The van der Waals surface area contributed by atoms with Gasteiger partial charge in [-0.2, -0.15) is 0 Å². The van der Waals surface area contributed by atoms with E-state index in [0.29, 0.717) is 6.54 Å². The second-order valence-corrected chi connectivity index (χ2v) is 9.00. The molecule has 0 radical (unpaired) electrons. The molecule has 2 N–H and O–H groups in total. The minimum absolute atomic E-state index is 0.254. The van der Waals surface area contributed by atoms with E-state index in [9.17, 15) is 8.42 Å². The van der Waals surface area contributed by atoms with Crippen molar-refractivity contribution in [3.05, 3.63) is 52.2 Å². The summed E-state index contributed by atoms with van der Waals surface area (Å²) in [7, 11) is -1.51. The zero-order valence-corrected chi connectivity index (χ0v) is 17.7. The summed E-state index contributed by atoms with van der Waals surface area (Å²) in [6, 6.07) is 11.0. The molecule has 27 heavy (non-hydrogen) atoms. The van der Waals surface area contributed by atoms with Crippen LogP contribution < -0.4 is 10.0 Å². The molecule has 2 rings (SSSR count). The maximum absolute atomic E-state index is 12.3. The van der Waals surface area contributed by atoms with E-state index in [1.165, 1.54) is 4.88 Å². The average Bonchev–Trinajstić information content (AvgIpc) is 3.16. The number of benzene rings is 1. The zero-order valence-electron chi connectivity index (χ0n) is 16.1. The molecule has 0 spiro atoms. The first-order valence-corrected chi connectivity index (χ1v) is 11.4. The minimum Gasteiger partial charge on any atom is -0.357 e. The van der Waals surface area contributed by atoms with E-state index in [-0.39, 0.29) is 11.4 Å². The van der Waals surface area contributed by atoms with E-state index in [2.05, 4.69) is 37.4 Å². The molecule has 0 aliphatic carbocycles. The number of thiophene rings is 1. The van der Waals surface area contributed by atoms with Crippen LogP contribution in [-0.2, 0) is 16.4 Å². The Kier molecular flexibility index (Phi) is 8.27. The van der Waals surface area contributed by atoms with Gasteiger partial charge in [-0.25, -0.2) is 13.1 Å². The maximum atomic E-state index is 12.3. The fraction of sp³-hybridized carbons (Fsp3) is 0.421. The van der Waals surface area contributed by atoms with Gasteiger partial charge in [-0.15, -0.1) is 11.3 Å². The van der Waals surface area contributed by atoms with Gasteiger partial charge in [-0.05, 0) is 43.8 Å². The second-order valence-electron chi connectivity index (χ2n) is 6.20. The van der Waals surface area contributed by atoms with Gasteiger partial charge in [0.1, 0.15) is 0 Å². The van der Waals surface area contributed by atoms with Crippen LogP contribution in [0.2, 0.25) is 0 Å². The predicted octanol–water partition coefficient (Wildman–Crippen LogP) is 2.47. The highest BCUT2D eigenvalue weighted by molar-refractivity contribution is 7.89. The van der Waals surface area contributed by atoms with Gasteiger partial charge in [0.15, 0.2) is 5.96 Å². The number of hydrogen-bond acceptors (Lipinski definition) is 4. The van der Waals surface area contributed by atoms with Gasteiger partial charge in [0, 0.05) is 31.6 Å². The van der Waals surface area contributed by atoms with Gasteiger partial charge in [0.2, 0.25) is 10.0 Å². The third-order valence-corrected chi connectivity index (χ3v) is 6.38. The normalized spacial score (nSPS) is 12.2. The smallest absolute Gasteiger partial charge is 0.240 e. The Bertz CT molecular complexity index is 816. The Morgan fingerprint density at radius 1 is 1.22 bits per heavy atom. The third kappa shape index (κ3) is 6.97. The third-order valence-electron chi connectivity index (χ3n) is 3.97. The summed E-state index contributed by atoms with van der Waals surface area (Å²) in [6.07, 6.45) is 0.957. The lowest BCUT2D eigenvalue weighted by Crippen LogP contribution is -2.40. The van der Waals surface area contributed by atoms with Crippen molar-refractivity contribution in [3.8, 4) is 0 Å². The van der Waals surface area contributed by atoms with Crippen molar-refractivity contribution in [1.29, 1.82) is 0 Å². The van der Waals surface area contributed by atoms with Gasteiger partial charge in [-0.3, -0.25) is 4.99 Å². The van der Waals surface area contributed by atoms with Crippen LogP contribution in [0.25, 0.3) is 0 Å². The summed E-state index contributed by atoms with van der Waals surface area (Å²) in [5.74, 6) is 0.781. The van der Waals surface area contributed by atoms with Crippen LogP contribution in [-0.4, -0.2) is 52.5 Å². The van der Waals surface area contributed by atoms with Crippen LogP contribution in [0, 0.1) is 6.92 Å².